The SMILES string of the molecule is CNC(=O)c1cccc(NC(=O)COc2cc(OC)ccc2C(N)=O)c1. The van der Waals surface area contributed by atoms with Crippen LogP contribution in [-0.4, -0.2) is 38.5 Å². The monoisotopic (exact) mass is 357 g/mol. The molecule has 2 aromatic rings. The van der Waals surface area contributed by atoms with E-state index in [2.05, 4.69) is 10.6 Å². The summed E-state index contributed by atoms with van der Waals surface area (Å²) in [7, 11) is 2.99. The summed E-state index contributed by atoms with van der Waals surface area (Å²) in [6.07, 6.45) is 0. The van der Waals surface area contributed by atoms with Gasteiger partial charge in [-0.15, -0.1) is 0 Å². The highest BCUT2D eigenvalue weighted by atomic mass is 16.5. The largest absolute Gasteiger partial charge is 0.497 e. The summed E-state index contributed by atoms with van der Waals surface area (Å²) in [6, 6.07) is 11.0. The van der Waals surface area contributed by atoms with Crippen LogP contribution >= 0.6 is 0 Å². The Morgan fingerprint density at radius 1 is 1.12 bits per heavy atom. The number of primary amides is 1. The van der Waals surface area contributed by atoms with Gasteiger partial charge in [0.15, 0.2) is 6.61 Å². The van der Waals surface area contributed by atoms with E-state index in [1.54, 1.807) is 24.3 Å². The Bertz CT molecular complexity index is 835. The molecular weight excluding hydrogens is 338 g/mol. The zero-order valence-corrected chi connectivity index (χ0v) is 14.4. The predicted octanol–water partition coefficient (Wildman–Crippen LogP) is 1.17. The summed E-state index contributed by atoms with van der Waals surface area (Å²) in [4.78, 5) is 35.2. The van der Waals surface area contributed by atoms with E-state index in [1.807, 2.05) is 0 Å². The van der Waals surface area contributed by atoms with E-state index in [0.717, 1.165) is 0 Å². The van der Waals surface area contributed by atoms with E-state index in [4.69, 9.17) is 15.2 Å². The smallest absolute Gasteiger partial charge is 0.262 e. The number of nitrogens with two attached hydrogens (primary N) is 1. The van der Waals surface area contributed by atoms with Crippen LogP contribution in [0.4, 0.5) is 5.69 Å². The first-order valence-electron chi connectivity index (χ1n) is 7.67. The Kier molecular flexibility index (Phi) is 6.15. The third kappa shape index (κ3) is 4.73. The molecular formula is C18H19N3O5. The molecule has 136 valence electrons. The molecule has 0 saturated carbocycles. The molecule has 0 radical (unpaired) electrons. The van der Waals surface area contributed by atoms with Gasteiger partial charge in [0.2, 0.25) is 0 Å². The molecule has 8 heteroatoms. The highest BCUT2D eigenvalue weighted by Crippen LogP contribution is 2.24. The zero-order valence-electron chi connectivity index (χ0n) is 14.4. The number of anilines is 1. The lowest BCUT2D eigenvalue weighted by atomic mass is 10.2. The van der Waals surface area contributed by atoms with E-state index in [-0.39, 0.29) is 23.8 Å². The molecule has 0 spiro atoms. The molecule has 26 heavy (non-hydrogen) atoms. The molecule has 2 aromatic carbocycles. The Morgan fingerprint density at radius 3 is 2.54 bits per heavy atom. The van der Waals surface area contributed by atoms with Crippen LogP contribution in [0.3, 0.4) is 0 Å². The van der Waals surface area contributed by atoms with E-state index in [0.29, 0.717) is 17.0 Å². The molecule has 0 aliphatic carbocycles. The number of carbonyl (C=O) groups is 3. The minimum atomic E-state index is -0.679. The second kappa shape index (κ2) is 8.52. The third-order valence-electron chi connectivity index (χ3n) is 3.45. The first-order chi connectivity index (χ1) is 12.4. The van der Waals surface area contributed by atoms with Gasteiger partial charge in [-0.05, 0) is 30.3 Å². The summed E-state index contributed by atoms with van der Waals surface area (Å²) in [5, 5.41) is 5.12. The number of hydrogen-bond donors (Lipinski definition) is 3. The summed E-state index contributed by atoms with van der Waals surface area (Å²) < 4.78 is 10.5. The van der Waals surface area contributed by atoms with Gasteiger partial charge < -0.3 is 25.8 Å². The molecule has 0 aromatic heterocycles. The Balaban J connectivity index is 2.05. The summed E-state index contributed by atoms with van der Waals surface area (Å²) >= 11 is 0. The molecule has 0 bridgehead atoms. The van der Waals surface area contributed by atoms with Crippen molar-refractivity contribution in [3.05, 3.63) is 53.6 Å². The Labute approximate surface area is 150 Å². The first-order valence-corrected chi connectivity index (χ1v) is 7.67. The van der Waals surface area contributed by atoms with Crippen molar-refractivity contribution in [2.75, 3.05) is 26.1 Å². The van der Waals surface area contributed by atoms with Gasteiger partial charge in [-0.3, -0.25) is 14.4 Å². The third-order valence-corrected chi connectivity index (χ3v) is 3.45. The van der Waals surface area contributed by atoms with Gasteiger partial charge in [-0.25, -0.2) is 0 Å². The topological polar surface area (TPSA) is 120 Å². The average molecular weight is 357 g/mol. The highest BCUT2D eigenvalue weighted by molar-refractivity contribution is 5.98. The minimum Gasteiger partial charge on any atom is -0.497 e. The fourth-order valence-electron chi connectivity index (χ4n) is 2.18. The van der Waals surface area contributed by atoms with Gasteiger partial charge in [-0.1, -0.05) is 6.07 Å². The maximum absolute atomic E-state index is 12.1. The normalized spacial score (nSPS) is 9.92. The van der Waals surface area contributed by atoms with Gasteiger partial charge in [0.25, 0.3) is 17.7 Å². The highest BCUT2D eigenvalue weighted by Gasteiger charge is 2.13. The Hall–Kier alpha value is -3.55. The molecule has 3 amide bonds. The van der Waals surface area contributed by atoms with Crippen LogP contribution in [0.15, 0.2) is 42.5 Å². The van der Waals surface area contributed by atoms with Gasteiger partial charge in [0.1, 0.15) is 11.5 Å². The van der Waals surface area contributed by atoms with Crippen molar-refractivity contribution < 1.29 is 23.9 Å². The van der Waals surface area contributed by atoms with E-state index in [9.17, 15) is 14.4 Å². The Morgan fingerprint density at radius 2 is 1.88 bits per heavy atom. The summed E-state index contributed by atoms with van der Waals surface area (Å²) in [6.45, 7) is -0.350. The van der Waals surface area contributed by atoms with Crippen molar-refractivity contribution in [3.63, 3.8) is 0 Å². The lowest BCUT2D eigenvalue weighted by Gasteiger charge is -2.12. The summed E-state index contributed by atoms with van der Waals surface area (Å²) in [5.74, 6) is -0.798. The fraction of sp³-hybridized carbons (Fsp3) is 0.167. The lowest BCUT2D eigenvalue weighted by Crippen LogP contribution is -2.22. The van der Waals surface area contributed by atoms with E-state index < -0.39 is 11.8 Å². The van der Waals surface area contributed by atoms with Crippen LogP contribution in [-0.2, 0) is 4.79 Å². The van der Waals surface area contributed by atoms with Gasteiger partial charge in [0, 0.05) is 24.4 Å². The number of carbonyl (C=O) groups excluding carboxylic acids is 3. The molecule has 2 rings (SSSR count). The molecule has 0 atom stereocenters. The standard InChI is InChI=1S/C18H19N3O5/c1-20-18(24)11-4-3-5-12(8-11)21-16(22)10-26-15-9-13(25-2)6-7-14(15)17(19)23/h3-9H,10H2,1-2H3,(H2,19,23)(H,20,24)(H,21,22). The predicted molar refractivity (Wildman–Crippen MR) is 95.5 cm³/mol. The second-order valence-corrected chi connectivity index (χ2v) is 5.22. The van der Waals surface area contributed by atoms with Gasteiger partial charge >= 0.3 is 0 Å². The van der Waals surface area contributed by atoms with Crippen molar-refractivity contribution in [2.24, 2.45) is 5.73 Å². The van der Waals surface area contributed by atoms with Crippen LogP contribution in [0.2, 0.25) is 0 Å². The lowest BCUT2D eigenvalue weighted by molar-refractivity contribution is -0.118. The van der Waals surface area contributed by atoms with Crippen LogP contribution < -0.4 is 25.8 Å². The number of methoxy groups -OCH3 is 1. The molecule has 0 unspecified atom stereocenters. The van der Waals surface area contributed by atoms with Crippen LogP contribution in [0.5, 0.6) is 11.5 Å². The molecule has 0 fully saturated rings. The van der Waals surface area contributed by atoms with Crippen molar-refractivity contribution in [2.45, 2.75) is 0 Å². The molecule has 0 aliphatic heterocycles. The molecule has 0 heterocycles. The number of nitrogens with one attached hydrogen (secondary N) is 2. The number of hydrogen-bond acceptors (Lipinski definition) is 5. The second-order valence-electron chi connectivity index (χ2n) is 5.22. The van der Waals surface area contributed by atoms with Crippen LogP contribution in [0.25, 0.3) is 0 Å². The van der Waals surface area contributed by atoms with Gasteiger partial charge in [0.05, 0.1) is 12.7 Å². The molecule has 0 saturated heterocycles. The van der Waals surface area contributed by atoms with Crippen LogP contribution in [0.1, 0.15) is 20.7 Å². The maximum atomic E-state index is 12.1. The minimum absolute atomic E-state index is 0.139. The van der Waals surface area contributed by atoms with Crippen molar-refractivity contribution in [1.29, 1.82) is 0 Å². The van der Waals surface area contributed by atoms with Gasteiger partial charge in [-0.2, -0.15) is 0 Å². The van der Waals surface area contributed by atoms with Crippen molar-refractivity contribution in [3.8, 4) is 11.5 Å². The fourth-order valence-corrected chi connectivity index (χ4v) is 2.18. The van der Waals surface area contributed by atoms with E-state index in [1.165, 1.54) is 32.4 Å². The quantitative estimate of drug-likeness (QED) is 0.687. The average Bonchev–Trinajstić information content (AvgIpc) is 2.65. The summed E-state index contributed by atoms with van der Waals surface area (Å²) in [5.41, 5.74) is 6.29. The zero-order chi connectivity index (χ0) is 19.1. The molecule has 0 aliphatic rings. The number of benzene rings is 2. The molecule has 4 N–H and O–H groups in total. The first kappa shape index (κ1) is 18.8. The van der Waals surface area contributed by atoms with Crippen molar-refractivity contribution in [1.82, 2.24) is 5.32 Å². The number of amides is 3. The maximum Gasteiger partial charge on any atom is 0.262 e. The number of rotatable bonds is 7. The van der Waals surface area contributed by atoms with E-state index >= 15 is 0 Å². The van der Waals surface area contributed by atoms with Crippen molar-refractivity contribution >= 4 is 23.4 Å². The number of ether oxygens (including phenoxy) is 2. The van der Waals surface area contributed by atoms with Crippen LogP contribution in [0, 0.1) is 0 Å². The molecule has 8 nitrogen and oxygen atoms in total.